The first-order chi connectivity index (χ1) is 27.1. The van der Waals surface area contributed by atoms with Crippen LogP contribution >= 0.6 is 11.3 Å². The third kappa shape index (κ3) is 7.08. The zero-order valence-corrected chi connectivity index (χ0v) is 29.8. The molecule has 1 aliphatic heterocycles. The van der Waals surface area contributed by atoms with Gasteiger partial charge in [-0.15, -0.1) is 11.3 Å². The molecule has 1 aromatic carbocycles. The molecule has 0 spiro atoms. The number of halogens is 1. The molecule has 0 fully saturated rings. The zero-order valence-electron chi connectivity index (χ0n) is 29.0. The molecule has 9 rings (SSSR count). The van der Waals surface area contributed by atoms with Crippen LogP contribution in [0, 0.1) is 41.3 Å². The average Bonchev–Trinajstić information content (AvgIpc) is 4.07. The number of H-pyrrole nitrogens is 3. The van der Waals surface area contributed by atoms with Gasteiger partial charge in [0, 0.05) is 39.3 Å². The minimum absolute atomic E-state index is 0.302. The van der Waals surface area contributed by atoms with E-state index in [2.05, 4.69) is 77.6 Å². The van der Waals surface area contributed by atoms with Crippen LogP contribution < -0.4 is 21.4 Å². The van der Waals surface area contributed by atoms with Gasteiger partial charge in [-0.05, 0) is 120 Å². The summed E-state index contributed by atoms with van der Waals surface area (Å²) in [5, 5.41) is 3.27. The standard InChI is InChI=1S/C47H27FN6S/c48-32-12-10-31(11-13-32)47-44-25-24-42(54-44)37(18-15-34-8-2-5-29-50-34)40-21-20-39(52-40)36(17-14-33-7-1-4-28-49-33)41-22-23-43(53-41)38(45-26-27-46(47)55-45)19-16-35-9-3-6-30-51-35/h1-13,20-30,52-54H. The number of nitrogens with one attached hydrogen (secondary N) is 3. The Hall–Kier alpha value is -7.70. The smallest absolute Gasteiger partial charge is 0.123 e. The Morgan fingerprint density at radius 1 is 0.418 bits per heavy atom. The van der Waals surface area contributed by atoms with Gasteiger partial charge in [-0.1, -0.05) is 48.1 Å². The predicted molar refractivity (Wildman–Crippen MR) is 214 cm³/mol. The highest BCUT2D eigenvalue weighted by Gasteiger charge is 2.16. The quantitative estimate of drug-likeness (QED) is 0.199. The Morgan fingerprint density at radius 2 is 0.891 bits per heavy atom. The maximum absolute atomic E-state index is 14.3. The second-order valence-electron chi connectivity index (χ2n) is 12.4. The number of pyridine rings is 3. The number of benzene rings is 1. The van der Waals surface area contributed by atoms with Crippen LogP contribution in [0.5, 0.6) is 0 Å². The summed E-state index contributed by atoms with van der Waals surface area (Å²) in [6, 6.07) is 39.9. The number of aromatic amines is 3. The molecule has 8 heteroatoms. The van der Waals surface area contributed by atoms with Crippen molar-refractivity contribution in [3.8, 4) is 35.5 Å². The molecule has 0 amide bonds. The highest BCUT2D eigenvalue weighted by atomic mass is 32.1. The Bertz CT molecular complexity index is 3150. The van der Waals surface area contributed by atoms with Gasteiger partial charge < -0.3 is 15.0 Å². The summed E-state index contributed by atoms with van der Waals surface area (Å²) in [5.41, 5.74) is 7.62. The predicted octanol–water partition coefficient (Wildman–Crippen LogP) is 5.37. The molecule has 8 bridgehead atoms. The third-order valence-corrected chi connectivity index (χ3v) is 9.97. The Kier molecular flexibility index (Phi) is 8.88. The van der Waals surface area contributed by atoms with Crippen molar-refractivity contribution in [1.29, 1.82) is 0 Å². The van der Waals surface area contributed by atoms with Gasteiger partial charge in [0.2, 0.25) is 0 Å². The lowest BCUT2D eigenvalue weighted by molar-refractivity contribution is 0.627. The van der Waals surface area contributed by atoms with Crippen molar-refractivity contribution < 1.29 is 4.39 Å². The molecule has 0 aliphatic carbocycles. The van der Waals surface area contributed by atoms with Crippen LogP contribution in [0.4, 0.5) is 4.39 Å². The van der Waals surface area contributed by atoms with Crippen LogP contribution in [0.1, 0.15) is 43.8 Å². The fourth-order valence-corrected chi connectivity index (χ4v) is 7.33. The van der Waals surface area contributed by atoms with Gasteiger partial charge in [0.1, 0.15) is 22.9 Å². The zero-order chi connectivity index (χ0) is 37.0. The Balaban J connectivity index is 1.36. The molecule has 7 aromatic heterocycles. The maximum Gasteiger partial charge on any atom is 0.123 e. The van der Waals surface area contributed by atoms with Crippen molar-refractivity contribution in [2.24, 2.45) is 0 Å². The molecule has 0 unspecified atom stereocenters. The van der Waals surface area contributed by atoms with Crippen LogP contribution in [0.2, 0.25) is 0 Å². The fraction of sp³-hybridized carbons (Fsp3) is 0. The molecule has 8 aromatic rings. The molecule has 0 radical (unpaired) electrons. The summed E-state index contributed by atoms with van der Waals surface area (Å²) in [4.78, 5) is 26.2. The first-order valence-electron chi connectivity index (χ1n) is 17.4. The number of fused-ring (bicyclic) bond motifs is 8. The summed E-state index contributed by atoms with van der Waals surface area (Å²) in [5.74, 6) is 19.7. The molecule has 8 heterocycles. The van der Waals surface area contributed by atoms with Gasteiger partial charge in [0.15, 0.2) is 0 Å². The van der Waals surface area contributed by atoms with Gasteiger partial charge in [0.25, 0.3) is 0 Å². The molecule has 6 nitrogen and oxygen atoms in total. The number of hydrogen-bond acceptors (Lipinski definition) is 4. The van der Waals surface area contributed by atoms with E-state index in [1.54, 1.807) is 42.1 Å². The van der Waals surface area contributed by atoms with Gasteiger partial charge in [-0.25, -0.2) is 19.3 Å². The van der Waals surface area contributed by atoms with Crippen LogP contribution in [-0.2, 0) is 0 Å². The first-order valence-corrected chi connectivity index (χ1v) is 18.2. The van der Waals surface area contributed by atoms with E-state index in [4.69, 9.17) is 0 Å². The van der Waals surface area contributed by atoms with E-state index in [9.17, 15) is 4.39 Å². The molecule has 0 saturated heterocycles. The maximum atomic E-state index is 14.3. The first kappa shape index (κ1) is 33.2. The third-order valence-electron chi connectivity index (χ3n) is 8.85. The van der Waals surface area contributed by atoms with Crippen LogP contribution in [0.25, 0.3) is 22.3 Å². The lowest BCUT2D eigenvalue weighted by Crippen LogP contribution is -2.17. The van der Waals surface area contributed by atoms with Crippen LogP contribution in [0.15, 0.2) is 146 Å². The van der Waals surface area contributed by atoms with E-state index in [1.807, 2.05) is 91.0 Å². The monoisotopic (exact) mass is 726 g/mol. The summed E-state index contributed by atoms with van der Waals surface area (Å²) in [7, 11) is 0. The minimum Gasteiger partial charge on any atom is -0.354 e. The highest BCUT2D eigenvalue weighted by molar-refractivity contribution is 7.14. The molecule has 55 heavy (non-hydrogen) atoms. The summed E-state index contributed by atoms with van der Waals surface area (Å²) in [6.45, 7) is 0. The number of thiophene rings is 1. The number of rotatable bonds is 1. The van der Waals surface area contributed by atoms with Gasteiger partial charge in [0.05, 0.1) is 44.2 Å². The van der Waals surface area contributed by atoms with E-state index in [0.717, 1.165) is 70.4 Å². The lowest BCUT2D eigenvalue weighted by atomic mass is 10.0. The molecule has 3 N–H and O–H groups in total. The van der Waals surface area contributed by atoms with Crippen molar-refractivity contribution in [2.75, 3.05) is 0 Å². The van der Waals surface area contributed by atoms with E-state index in [1.165, 1.54) is 12.1 Å². The summed E-state index contributed by atoms with van der Waals surface area (Å²) >= 11 is 1.60. The van der Waals surface area contributed by atoms with Gasteiger partial charge in [-0.2, -0.15) is 0 Å². The van der Waals surface area contributed by atoms with E-state index in [-0.39, 0.29) is 5.82 Å². The molecule has 1 aliphatic rings. The van der Waals surface area contributed by atoms with Crippen LogP contribution in [0.3, 0.4) is 0 Å². The number of nitrogens with zero attached hydrogens (tertiary/aromatic N) is 3. The van der Waals surface area contributed by atoms with Crippen LogP contribution in [-0.4, -0.2) is 29.9 Å². The highest BCUT2D eigenvalue weighted by Crippen LogP contribution is 2.31. The van der Waals surface area contributed by atoms with Crippen molar-refractivity contribution in [2.45, 2.75) is 0 Å². The molecule has 0 atom stereocenters. The van der Waals surface area contributed by atoms with Gasteiger partial charge >= 0.3 is 0 Å². The fourth-order valence-electron chi connectivity index (χ4n) is 6.22. The van der Waals surface area contributed by atoms with E-state index >= 15 is 0 Å². The number of hydrogen-bond donors (Lipinski definition) is 3. The Morgan fingerprint density at radius 3 is 1.42 bits per heavy atom. The van der Waals surface area contributed by atoms with Gasteiger partial charge in [-0.3, -0.25) is 0 Å². The normalized spacial score (nSPS) is 11.9. The lowest BCUT2D eigenvalue weighted by Gasteiger charge is -2.05. The number of aromatic nitrogens is 6. The molecule has 258 valence electrons. The SMILES string of the molecule is Fc1ccc(C2=c3ccc([nH]3)=C(C#Cc3ccccn3)c3ccc([nH]3)C(C#Cc3ccccn3)=c3ccc([nH]3)=C(C#Cc3ccccn3)c3ccc2s3)cc1. The largest absolute Gasteiger partial charge is 0.354 e. The molecular weight excluding hydrogens is 700 g/mol. The topological polar surface area (TPSA) is 86.0 Å². The summed E-state index contributed by atoms with van der Waals surface area (Å²) in [6.07, 6.45) is 5.19. The van der Waals surface area contributed by atoms with E-state index in [0.29, 0.717) is 17.1 Å². The van der Waals surface area contributed by atoms with Crippen molar-refractivity contribution in [3.05, 3.63) is 217 Å². The minimum atomic E-state index is -0.302. The van der Waals surface area contributed by atoms with Crippen molar-refractivity contribution in [3.63, 3.8) is 0 Å². The second kappa shape index (κ2) is 14.7. The Labute approximate surface area is 319 Å². The average molecular weight is 727 g/mol. The van der Waals surface area contributed by atoms with E-state index < -0.39 is 0 Å². The van der Waals surface area contributed by atoms with Crippen molar-refractivity contribution >= 4 is 33.6 Å². The molecule has 0 saturated carbocycles. The second-order valence-corrected chi connectivity index (χ2v) is 13.5. The van der Waals surface area contributed by atoms with Crippen molar-refractivity contribution in [1.82, 2.24) is 29.9 Å². The summed E-state index contributed by atoms with van der Waals surface area (Å²) < 4.78 is 14.3. The molecular formula is C47H27FN6S.